The lowest BCUT2D eigenvalue weighted by Gasteiger charge is -2.46. The minimum Gasteiger partial charge on any atom is -0.394 e. The molecule has 12 atom stereocenters. The summed E-state index contributed by atoms with van der Waals surface area (Å²) in [4.78, 5) is 13.2. The molecule has 14 heteroatoms. The summed E-state index contributed by atoms with van der Waals surface area (Å²) in [6.45, 7) is 2.84. The van der Waals surface area contributed by atoms with Gasteiger partial charge in [0.2, 0.25) is 5.91 Å². The van der Waals surface area contributed by atoms with E-state index in [1.54, 1.807) is 0 Å². The molecule has 0 aromatic rings. The molecule has 1 amide bonds. The number of aliphatic hydroxyl groups is 8. The molecular weight excluding hydrogens is 1030 g/mol. The van der Waals surface area contributed by atoms with Crippen molar-refractivity contribution in [2.75, 3.05) is 19.8 Å². The molecule has 0 aliphatic carbocycles. The monoisotopic (exact) mass is 1160 g/mol. The van der Waals surface area contributed by atoms with Crippen molar-refractivity contribution in [3.05, 3.63) is 0 Å². The zero-order valence-electron chi connectivity index (χ0n) is 52.3. The van der Waals surface area contributed by atoms with Crippen LogP contribution >= 0.6 is 0 Å². The number of aliphatic hydroxyl groups excluding tert-OH is 8. The van der Waals surface area contributed by atoms with Crippen molar-refractivity contribution in [1.29, 1.82) is 0 Å². The van der Waals surface area contributed by atoms with Crippen molar-refractivity contribution in [2.45, 2.75) is 402 Å². The Hall–Kier alpha value is -1.01. The van der Waals surface area contributed by atoms with E-state index in [1.807, 2.05) is 0 Å². The van der Waals surface area contributed by atoms with E-state index in [4.69, 9.17) is 18.9 Å². The van der Waals surface area contributed by atoms with E-state index in [1.165, 1.54) is 250 Å². The Labute approximate surface area is 495 Å². The van der Waals surface area contributed by atoms with Crippen molar-refractivity contribution in [3.8, 4) is 0 Å². The molecule has 14 nitrogen and oxygen atoms in total. The molecule has 0 saturated carbocycles. The van der Waals surface area contributed by atoms with Gasteiger partial charge in [-0.15, -0.1) is 0 Å². The first-order chi connectivity index (χ1) is 39.6. The molecule has 0 aromatic carbocycles. The molecule has 2 aliphatic heterocycles. The van der Waals surface area contributed by atoms with Crippen molar-refractivity contribution < 1.29 is 64.6 Å². The van der Waals surface area contributed by atoms with Gasteiger partial charge in [0, 0.05) is 6.42 Å². The van der Waals surface area contributed by atoms with E-state index in [2.05, 4.69) is 19.2 Å². The third kappa shape index (κ3) is 38.0. The third-order valence-corrected chi connectivity index (χ3v) is 17.6. The zero-order chi connectivity index (χ0) is 58.8. The number of nitrogens with one attached hydrogen (secondary N) is 1. The van der Waals surface area contributed by atoms with Crippen LogP contribution in [0.5, 0.6) is 0 Å². The largest absolute Gasteiger partial charge is 0.394 e. The van der Waals surface area contributed by atoms with E-state index in [0.717, 1.165) is 51.4 Å². The Morgan fingerprint density at radius 1 is 0.395 bits per heavy atom. The van der Waals surface area contributed by atoms with Gasteiger partial charge < -0.3 is 65.1 Å². The highest BCUT2D eigenvalue weighted by Crippen LogP contribution is 2.30. The average molecular weight is 1160 g/mol. The fourth-order valence-corrected chi connectivity index (χ4v) is 12.0. The summed E-state index contributed by atoms with van der Waals surface area (Å²) >= 11 is 0. The molecule has 2 heterocycles. The van der Waals surface area contributed by atoms with Crippen LogP contribution in [0.2, 0.25) is 0 Å². The van der Waals surface area contributed by atoms with Crippen molar-refractivity contribution in [3.63, 3.8) is 0 Å². The predicted octanol–water partition coefficient (Wildman–Crippen LogP) is 13.6. The Balaban J connectivity index is 1.45. The van der Waals surface area contributed by atoms with E-state index in [0.29, 0.717) is 12.8 Å². The Kier molecular flexibility index (Phi) is 50.0. The SMILES string of the molecule is CCCCCCCCCCCCCCCCCCCCCCCCCCCCCCCCCCCCCCCCCCC(=O)NC(COC1OC(CO)C(OC2OC(CO)C(O)C(O)C2O)C(O)C1O)C(O)CCCCCCCCC. The molecule has 2 rings (SSSR count). The lowest BCUT2D eigenvalue weighted by molar-refractivity contribution is -0.359. The highest BCUT2D eigenvalue weighted by atomic mass is 16.7. The van der Waals surface area contributed by atoms with Gasteiger partial charge >= 0.3 is 0 Å². The van der Waals surface area contributed by atoms with Crippen LogP contribution in [0.25, 0.3) is 0 Å². The van der Waals surface area contributed by atoms with Crippen LogP contribution in [-0.4, -0.2) is 140 Å². The molecule has 9 N–H and O–H groups in total. The van der Waals surface area contributed by atoms with Gasteiger partial charge in [-0.25, -0.2) is 0 Å². The summed E-state index contributed by atoms with van der Waals surface area (Å²) < 4.78 is 22.8. The topological polar surface area (TPSA) is 228 Å². The molecular formula is C67H131NO13. The molecule has 0 radical (unpaired) electrons. The number of unbranched alkanes of at least 4 members (excludes halogenated alkanes) is 45. The number of amides is 1. The maximum absolute atomic E-state index is 13.2. The summed E-state index contributed by atoms with van der Waals surface area (Å²) in [5, 5.41) is 86.9. The van der Waals surface area contributed by atoms with Gasteiger partial charge in [-0.2, -0.15) is 0 Å². The van der Waals surface area contributed by atoms with Crippen LogP contribution in [0.15, 0.2) is 0 Å². The quantitative estimate of drug-likeness (QED) is 0.0259. The molecule has 0 aromatic heterocycles. The summed E-state index contributed by atoms with van der Waals surface area (Å²) in [7, 11) is 0. The van der Waals surface area contributed by atoms with Gasteiger partial charge in [0.25, 0.3) is 0 Å². The Morgan fingerprint density at radius 2 is 0.704 bits per heavy atom. The summed E-state index contributed by atoms with van der Waals surface area (Å²) in [6.07, 6.45) is 46.5. The number of carbonyl (C=O) groups excluding carboxylic acids is 1. The fraction of sp³-hybridized carbons (Fsp3) is 0.985. The van der Waals surface area contributed by atoms with Gasteiger partial charge in [-0.05, 0) is 12.8 Å². The van der Waals surface area contributed by atoms with Gasteiger partial charge in [0.1, 0.15) is 48.8 Å². The van der Waals surface area contributed by atoms with E-state index < -0.39 is 86.8 Å². The minimum absolute atomic E-state index is 0.203. The van der Waals surface area contributed by atoms with Crippen molar-refractivity contribution in [1.82, 2.24) is 5.32 Å². The summed E-state index contributed by atoms with van der Waals surface area (Å²) in [5.41, 5.74) is 0. The fourth-order valence-electron chi connectivity index (χ4n) is 12.0. The lowest BCUT2D eigenvalue weighted by atomic mass is 9.97. The first-order valence-electron chi connectivity index (χ1n) is 34.8. The Morgan fingerprint density at radius 3 is 1.05 bits per heavy atom. The standard InChI is InChI=1S/C67H131NO13/c1-3-5-7-9-11-12-13-14-15-16-17-18-19-20-21-22-23-24-25-26-27-28-29-30-31-32-33-34-35-36-37-38-39-40-41-42-43-45-47-49-51-59(72)68-55(56(71)50-48-46-44-10-8-6-4-2)54-78-66-64(77)62(75)65(58(53-70)80-66)81-67-63(76)61(74)60(73)57(52-69)79-67/h55-58,60-67,69-71,73-77H,3-54H2,1-2H3,(H,68,72). The second-order valence-electron chi connectivity index (χ2n) is 25.0. The molecule has 0 bridgehead atoms. The van der Waals surface area contributed by atoms with Crippen LogP contribution in [-0.2, 0) is 23.7 Å². The summed E-state index contributed by atoms with van der Waals surface area (Å²) in [5.74, 6) is -0.203. The molecule has 12 unspecified atom stereocenters. The molecule has 0 spiro atoms. The molecule has 2 aliphatic rings. The van der Waals surface area contributed by atoms with Crippen LogP contribution in [0.4, 0.5) is 0 Å². The van der Waals surface area contributed by atoms with Gasteiger partial charge in [0.05, 0.1) is 32.0 Å². The maximum atomic E-state index is 13.2. The first kappa shape index (κ1) is 76.1. The third-order valence-electron chi connectivity index (χ3n) is 17.6. The minimum atomic E-state index is -1.78. The smallest absolute Gasteiger partial charge is 0.220 e. The lowest BCUT2D eigenvalue weighted by Crippen LogP contribution is -2.65. The van der Waals surface area contributed by atoms with E-state index in [9.17, 15) is 45.6 Å². The van der Waals surface area contributed by atoms with Gasteiger partial charge in [-0.3, -0.25) is 4.79 Å². The van der Waals surface area contributed by atoms with Crippen molar-refractivity contribution in [2.24, 2.45) is 0 Å². The van der Waals surface area contributed by atoms with Crippen LogP contribution in [0, 0.1) is 0 Å². The normalized spacial score (nSPS) is 24.0. The number of carbonyl (C=O) groups is 1. The number of hydrogen-bond donors (Lipinski definition) is 9. The van der Waals surface area contributed by atoms with Crippen LogP contribution in [0.3, 0.4) is 0 Å². The number of rotatable bonds is 58. The van der Waals surface area contributed by atoms with Crippen molar-refractivity contribution >= 4 is 5.91 Å². The second-order valence-corrected chi connectivity index (χ2v) is 25.0. The number of hydrogen-bond acceptors (Lipinski definition) is 13. The maximum Gasteiger partial charge on any atom is 0.220 e. The van der Waals surface area contributed by atoms with E-state index in [-0.39, 0.29) is 12.5 Å². The van der Waals surface area contributed by atoms with Gasteiger partial charge in [0.15, 0.2) is 12.6 Å². The average Bonchev–Trinajstić information content (AvgIpc) is 3.55. The number of ether oxygens (including phenoxy) is 4. The molecule has 2 saturated heterocycles. The van der Waals surface area contributed by atoms with Gasteiger partial charge in [-0.1, -0.05) is 309 Å². The van der Waals surface area contributed by atoms with Crippen LogP contribution in [0.1, 0.15) is 328 Å². The Bertz CT molecular complexity index is 1360. The highest BCUT2D eigenvalue weighted by Gasteiger charge is 2.51. The first-order valence-corrected chi connectivity index (χ1v) is 34.8. The second kappa shape index (κ2) is 53.2. The molecule has 81 heavy (non-hydrogen) atoms. The van der Waals surface area contributed by atoms with Crippen LogP contribution < -0.4 is 5.32 Å². The molecule has 2 fully saturated rings. The molecule has 482 valence electrons. The highest BCUT2D eigenvalue weighted by molar-refractivity contribution is 5.76. The predicted molar refractivity (Wildman–Crippen MR) is 328 cm³/mol. The summed E-state index contributed by atoms with van der Waals surface area (Å²) in [6, 6.07) is -0.821. The zero-order valence-corrected chi connectivity index (χ0v) is 52.3. The van der Waals surface area contributed by atoms with E-state index >= 15 is 0 Å².